The highest BCUT2D eigenvalue weighted by Gasteiger charge is 2.22. The number of carbonyl (C=O) groups is 2. The van der Waals surface area contributed by atoms with Crippen molar-refractivity contribution in [2.45, 2.75) is 200 Å². The first-order valence-corrected chi connectivity index (χ1v) is 22.9. The molecule has 0 saturated carbocycles. The number of allylic oxidation sites excluding steroid dienone is 7. The molecule has 0 aromatic heterocycles. The molecule has 0 radical (unpaired) electrons. The van der Waals surface area contributed by atoms with E-state index in [1.165, 1.54) is 77.0 Å². The van der Waals surface area contributed by atoms with E-state index < -0.39 is 32.5 Å². The summed E-state index contributed by atoms with van der Waals surface area (Å²) in [5.74, 6) is -0.138. The minimum atomic E-state index is -4.77. The second-order valence-corrected chi connectivity index (χ2v) is 16.2. The maximum absolute atomic E-state index is 12.4. The topological polar surface area (TPSA) is 140 Å². The zero-order valence-corrected chi connectivity index (χ0v) is 35.3. The third-order valence-electron chi connectivity index (χ3n) is 9.08. The van der Waals surface area contributed by atoms with E-state index in [1.54, 1.807) is 0 Å². The van der Waals surface area contributed by atoms with Crippen LogP contribution in [0.4, 0.5) is 0 Å². The molecule has 0 aliphatic rings. The van der Waals surface area contributed by atoms with E-state index in [0.717, 1.165) is 57.3 Å². The van der Waals surface area contributed by atoms with Gasteiger partial charge in [0, 0.05) is 12.8 Å². The fraction of sp³-hybridized carbons (Fsp3) is 0.773. The molecular formula is C44H79O9P. The van der Waals surface area contributed by atoms with E-state index in [2.05, 4.69) is 55.7 Å². The van der Waals surface area contributed by atoms with Crippen molar-refractivity contribution >= 4 is 19.8 Å². The van der Waals surface area contributed by atoms with Gasteiger partial charge < -0.3 is 24.4 Å². The van der Waals surface area contributed by atoms with Crippen molar-refractivity contribution in [3.8, 4) is 0 Å². The van der Waals surface area contributed by atoms with E-state index in [1.807, 2.05) is 18.2 Å². The fourth-order valence-electron chi connectivity index (χ4n) is 5.92. The van der Waals surface area contributed by atoms with Gasteiger partial charge in [-0.3, -0.25) is 14.1 Å². The van der Waals surface area contributed by atoms with Crippen LogP contribution in [0.2, 0.25) is 0 Å². The van der Waals surface area contributed by atoms with Crippen molar-refractivity contribution < 1.29 is 43.0 Å². The molecule has 2 atom stereocenters. The van der Waals surface area contributed by atoms with Crippen LogP contribution < -0.4 is 0 Å². The molecule has 3 N–H and O–H groups in total. The smallest absolute Gasteiger partial charge is 0.462 e. The Labute approximate surface area is 329 Å². The molecule has 0 aliphatic carbocycles. The minimum Gasteiger partial charge on any atom is -0.462 e. The quantitative estimate of drug-likeness (QED) is 0.0242. The van der Waals surface area contributed by atoms with Crippen LogP contribution in [-0.4, -0.2) is 52.3 Å². The van der Waals surface area contributed by atoms with E-state index in [4.69, 9.17) is 19.3 Å². The van der Waals surface area contributed by atoms with E-state index >= 15 is 0 Å². The molecule has 10 heteroatoms. The molecule has 0 heterocycles. The van der Waals surface area contributed by atoms with Gasteiger partial charge in [-0.15, -0.1) is 0 Å². The zero-order chi connectivity index (χ0) is 40.0. The number of ether oxygens (including phenoxy) is 2. The Morgan fingerprint density at radius 2 is 1.06 bits per heavy atom. The van der Waals surface area contributed by atoms with E-state index in [0.29, 0.717) is 25.7 Å². The highest BCUT2D eigenvalue weighted by Crippen LogP contribution is 2.36. The molecule has 9 nitrogen and oxygen atoms in total. The summed E-state index contributed by atoms with van der Waals surface area (Å²) in [4.78, 5) is 42.8. The van der Waals surface area contributed by atoms with Gasteiger partial charge in [-0.05, 0) is 57.3 Å². The molecule has 54 heavy (non-hydrogen) atoms. The molecule has 0 bridgehead atoms. The van der Waals surface area contributed by atoms with Gasteiger partial charge in [-0.1, -0.05) is 172 Å². The maximum atomic E-state index is 12.4. The number of rotatable bonds is 38. The van der Waals surface area contributed by atoms with Gasteiger partial charge in [-0.2, -0.15) is 0 Å². The van der Waals surface area contributed by atoms with Gasteiger partial charge in [0.15, 0.2) is 6.10 Å². The van der Waals surface area contributed by atoms with Crippen LogP contribution >= 0.6 is 7.82 Å². The van der Waals surface area contributed by atoms with Crippen LogP contribution in [0.25, 0.3) is 0 Å². The Morgan fingerprint density at radius 3 is 1.56 bits per heavy atom. The lowest BCUT2D eigenvalue weighted by Gasteiger charge is -2.18. The third kappa shape index (κ3) is 41.1. The summed E-state index contributed by atoms with van der Waals surface area (Å²) in [6, 6.07) is 0. The number of hydrogen-bond donors (Lipinski definition) is 3. The van der Waals surface area contributed by atoms with Gasteiger partial charge >= 0.3 is 19.8 Å². The number of aliphatic hydroxyl groups is 1. The Bertz CT molecular complexity index is 1050. The normalized spacial score (nSPS) is 13.6. The van der Waals surface area contributed by atoms with Crippen LogP contribution in [0, 0.1) is 5.92 Å². The number of carbonyl (C=O) groups excluding carboxylic acids is 2. The molecule has 0 rings (SSSR count). The van der Waals surface area contributed by atoms with Crippen molar-refractivity contribution in [2.75, 3.05) is 13.2 Å². The summed E-state index contributed by atoms with van der Waals surface area (Å²) in [6.07, 6.45) is 41.9. The van der Waals surface area contributed by atoms with Crippen LogP contribution in [0.5, 0.6) is 0 Å². The molecule has 0 aliphatic heterocycles. The van der Waals surface area contributed by atoms with Gasteiger partial charge in [-0.25, -0.2) is 4.57 Å². The summed E-state index contributed by atoms with van der Waals surface area (Å²) in [5.41, 5.74) is 0. The predicted molar refractivity (Wildman–Crippen MR) is 222 cm³/mol. The molecular weight excluding hydrogens is 703 g/mol. The average Bonchev–Trinajstić information content (AvgIpc) is 3.12. The standard InChI is InChI=1S/C44H79O9P/c1-4-33-41(45)35-30-26-22-18-14-10-8-12-15-19-23-27-31-36-43(46)51-38-42(39-52-54(48,49)50)53-44(47)37-32-28-24-20-16-11-7-5-6-9-13-17-21-25-29-34-40(2)3/h8,12,14,18-19,23,26,30,40-42,45H,4-7,9-11,13,15-17,20-22,24-25,27-29,31-39H2,1-3H3,(H2,48,49,50)/b12-8-,18-14-,23-19-,30-26-/t41?,42-/m1/s1. The van der Waals surface area contributed by atoms with Crippen molar-refractivity contribution in [2.24, 2.45) is 5.92 Å². The Kier molecular flexibility index (Phi) is 36.4. The summed E-state index contributed by atoms with van der Waals surface area (Å²) >= 11 is 0. The van der Waals surface area contributed by atoms with Crippen molar-refractivity contribution in [3.63, 3.8) is 0 Å². The summed E-state index contributed by atoms with van der Waals surface area (Å²) in [7, 11) is -4.77. The summed E-state index contributed by atoms with van der Waals surface area (Å²) in [6.45, 7) is 5.79. The van der Waals surface area contributed by atoms with E-state index in [-0.39, 0.29) is 25.6 Å². The van der Waals surface area contributed by atoms with Crippen LogP contribution in [0.1, 0.15) is 188 Å². The SMILES string of the molecule is CCCC(O)C/C=C\C/C=C\C/C=C\C/C=C\CCCC(=O)OC[C@H](COP(=O)(O)O)OC(=O)CCCCCCCCCCCCCCCCCC(C)C. The zero-order valence-electron chi connectivity index (χ0n) is 34.4. The lowest BCUT2D eigenvalue weighted by molar-refractivity contribution is -0.161. The highest BCUT2D eigenvalue weighted by atomic mass is 31.2. The number of phosphoric ester groups is 1. The Morgan fingerprint density at radius 1 is 0.593 bits per heavy atom. The van der Waals surface area contributed by atoms with Gasteiger partial charge in [0.1, 0.15) is 6.61 Å². The monoisotopic (exact) mass is 783 g/mol. The van der Waals surface area contributed by atoms with Crippen LogP contribution in [0.3, 0.4) is 0 Å². The lowest BCUT2D eigenvalue weighted by atomic mass is 10.0. The number of esters is 2. The highest BCUT2D eigenvalue weighted by molar-refractivity contribution is 7.46. The Hall–Kier alpha value is -2.03. The van der Waals surface area contributed by atoms with Crippen molar-refractivity contribution in [3.05, 3.63) is 48.6 Å². The maximum Gasteiger partial charge on any atom is 0.469 e. The van der Waals surface area contributed by atoms with Crippen molar-refractivity contribution in [1.29, 1.82) is 0 Å². The average molecular weight is 783 g/mol. The number of phosphoric acid groups is 1. The minimum absolute atomic E-state index is 0.176. The summed E-state index contributed by atoms with van der Waals surface area (Å²) < 4.78 is 26.3. The van der Waals surface area contributed by atoms with Crippen LogP contribution in [0.15, 0.2) is 48.6 Å². The Balaban J connectivity index is 4.01. The molecule has 0 fully saturated rings. The fourth-order valence-corrected chi connectivity index (χ4v) is 6.28. The van der Waals surface area contributed by atoms with Gasteiger partial charge in [0.05, 0.1) is 12.7 Å². The lowest BCUT2D eigenvalue weighted by Crippen LogP contribution is -2.29. The number of hydrogen-bond acceptors (Lipinski definition) is 7. The van der Waals surface area contributed by atoms with Gasteiger partial charge in [0.2, 0.25) is 0 Å². The first kappa shape index (κ1) is 52.0. The second kappa shape index (κ2) is 37.9. The predicted octanol–water partition coefficient (Wildman–Crippen LogP) is 12.0. The molecule has 314 valence electrons. The van der Waals surface area contributed by atoms with Gasteiger partial charge in [0.25, 0.3) is 0 Å². The third-order valence-corrected chi connectivity index (χ3v) is 9.57. The molecule has 0 aromatic rings. The second-order valence-electron chi connectivity index (χ2n) is 15.0. The van der Waals surface area contributed by atoms with Crippen LogP contribution in [-0.2, 0) is 28.2 Å². The first-order valence-electron chi connectivity index (χ1n) is 21.4. The largest absolute Gasteiger partial charge is 0.469 e. The summed E-state index contributed by atoms with van der Waals surface area (Å²) in [5, 5.41) is 9.70. The molecule has 0 aromatic carbocycles. The molecule has 0 amide bonds. The molecule has 0 saturated heterocycles. The van der Waals surface area contributed by atoms with E-state index in [9.17, 15) is 19.3 Å². The molecule has 0 spiro atoms. The molecule has 1 unspecified atom stereocenters. The first-order chi connectivity index (χ1) is 26.0. The van der Waals surface area contributed by atoms with Crippen molar-refractivity contribution in [1.82, 2.24) is 0 Å². The number of aliphatic hydroxyl groups excluding tert-OH is 1. The number of unbranched alkanes of at least 4 members (excludes halogenated alkanes) is 15.